The van der Waals surface area contributed by atoms with Crippen molar-refractivity contribution in [3.8, 4) is 0 Å². The average molecular weight is 414 g/mol. The summed E-state index contributed by atoms with van der Waals surface area (Å²) in [6.07, 6.45) is 2.23. The van der Waals surface area contributed by atoms with Crippen LogP contribution in [0.2, 0.25) is 5.02 Å². The van der Waals surface area contributed by atoms with Gasteiger partial charge < -0.3 is 4.42 Å². The maximum atomic E-state index is 13.0. The van der Waals surface area contributed by atoms with Crippen LogP contribution in [0.4, 0.5) is 0 Å². The first kappa shape index (κ1) is 18.9. The smallest absolute Gasteiger partial charge is 0.257 e. The highest BCUT2D eigenvalue weighted by Gasteiger charge is 2.35. The summed E-state index contributed by atoms with van der Waals surface area (Å²) in [6, 6.07) is 15.1. The van der Waals surface area contributed by atoms with Crippen molar-refractivity contribution < 1.29 is 9.21 Å². The van der Waals surface area contributed by atoms with Crippen LogP contribution in [0.5, 0.6) is 0 Å². The predicted molar refractivity (Wildman–Crippen MR) is 112 cm³/mol. The van der Waals surface area contributed by atoms with Gasteiger partial charge in [-0.1, -0.05) is 29.8 Å². The summed E-state index contributed by atoms with van der Waals surface area (Å²) in [5.74, 6) is 0.686. The monoisotopic (exact) mass is 413 g/mol. The number of carbonyl (C=O) groups is 1. The second-order valence-corrected chi connectivity index (χ2v) is 8.25. The van der Waals surface area contributed by atoms with Crippen LogP contribution in [0.15, 0.2) is 69.7 Å². The summed E-state index contributed by atoms with van der Waals surface area (Å²) >= 11 is 7.69. The summed E-state index contributed by atoms with van der Waals surface area (Å²) in [5.41, 5.74) is 1.82. The number of halogens is 1. The molecule has 4 rings (SSSR count). The van der Waals surface area contributed by atoms with Gasteiger partial charge in [0.25, 0.3) is 5.91 Å². The number of hydrogen-bond acceptors (Lipinski definition) is 5. The molecule has 0 spiro atoms. The number of furan rings is 1. The lowest BCUT2D eigenvalue weighted by molar-refractivity contribution is -0.134. The molecule has 7 heteroatoms. The quantitative estimate of drug-likeness (QED) is 0.583. The fraction of sp³-hybridized carbons (Fsp3) is 0.238. The Hall–Kier alpha value is -2.41. The largest absolute Gasteiger partial charge is 0.467 e. The van der Waals surface area contributed by atoms with E-state index in [9.17, 15) is 4.79 Å². The summed E-state index contributed by atoms with van der Waals surface area (Å²) in [7, 11) is 1.94. The Bertz CT molecular complexity index is 952. The fourth-order valence-electron chi connectivity index (χ4n) is 3.29. The molecule has 3 aromatic rings. The molecule has 0 fully saturated rings. The first-order valence-corrected chi connectivity index (χ1v) is 10.3. The fourth-order valence-corrected chi connectivity index (χ4v) is 4.20. The van der Waals surface area contributed by atoms with E-state index in [0.29, 0.717) is 11.4 Å². The van der Waals surface area contributed by atoms with Crippen molar-refractivity contribution in [2.75, 3.05) is 13.6 Å². The second kappa shape index (κ2) is 8.31. The molecule has 5 nitrogen and oxygen atoms in total. The van der Waals surface area contributed by atoms with Gasteiger partial charge in [0.15, 0.2) is 0 Å². The molecule has 1 aliphatic rings. The number of benzene rings is 1. The number of hydrogen-bond donors (Lipinski definition) is 0. The third-order valence-corrected chi connectivity index (χ3v) is 5.74. The molecule has 0 N–H and O–H groups in total. The van der Waals surface area contributed by atoms with Crippen molar-refractivity contribution in [2.45, 2.75) is 19.0 Å². The van der Waals surface area contributed by atoms with Crippen molar-refractivity contribution in [1.82, 2.24) is 9.91 Å². The molecule has 144 valence electrons. The van der Waals surface area contributed by atoms with Gasteiger partial charge >= 0.3 is 0 Å². The first-order chi connectivity index (χ1) is 13.6. The lowest BCUT2D eigenvalue weighted by Gasteiger charge is -2.23. The Morgan fingerprint density at radius 3 is 2.79 bits per heavy atom. The zero-order chi connectivity index (χ0) is 19.5. The van der Waals surface area contributed by atoms with Crippen molar-refractivity contribution in [3.05, 3.63) is 81.4 Å². The van der Waals surface area contributed by atoms with E-state index in [1.54, 1.807) is 22.6 Å². The second-order valence-electron chi connectivity index (χ2n) is 6.78. The van der Waals surface area contributed by atoms with E-state index in [1.807, 2.05) is 59.8 Å². The molecule has 0 aliphatic carbocycles. The molecular formula is C21H20ClN3O2S. The number of thiophene rings is 1. The predicted octanol–water partition coefficient (Wildman–Crippen LogP) is 4.80. The number of rotatable bonds is 6. The zero-order valence-electron chi connectivity index (χ0n) is 15.4. The van der Waals surface area contributed by atoms with Crippen LogP contribution < -0.4 is 0 Å². The number of amides is 1. The number of likely N-dealkylation sites (N-methyl/N-ethyl adjacent to an activating group) is 1. The van der Waals surface area contributed by atoms with Gasteiger partial charge in [-0.25, -0.2) is 5.01 Å². The summed E-state index contributed by atoms with van der Waals surface area (Å²) < 4.78 is 5.59. The topological polar surface area (TPSA) is 49.1 Å². The molecule has 1 amide bonds. The van der Waals surface area contributed by atoms with Gasteiger partial charge in [-0.05, 0) is 48.3 Å². The van der Waals surface area contributed by atoms with Gasteiger partial charge in [0.1, 0.15) is 11.8 Å². The van der Waals surface area contributed by atoms with Gasteiger partial charge in [0, 0.05) is 22.9 Å². The van der Waals surface area contributed by atoms with Gasteiger partial charge in [-0.2, -0.15) is 5.10 Å². The maximum Gasteiger partial charge on any atom is 0.257 e. The Kier molecular flexibility index (Phi) is 5.62. The van der Waals surface area contributed by atoms with Crippen molar-refractivity contribution >= 4 is 34.6 Å². The molecular weight excluding hydrogens is 394 g/mol. The number of nitrogens with zero attached hydrogens (tertiary/aromatic N) is 3. The van der Waals surface area contributed by atoms with Crippen LogP contribution in [-0.4, -0.2) is 35.1 Å². The van der Waals surface area contributed by atoms with E-state index >= 15 is 0 Å². The molecule has 0 bridgehead atoms. The van der Waals surface area contributed by atoms with Crippen LogP contribution in [0.25, 0.3) is 0 Å². The lowest BCUT2D eigenvalue weighted by atomic mass is 10.0. The Morgan fingerprint density at radius 2 is 2.11 bits per heavy atom. The molecule has 3 heterocycles. The number of hydrazone groups is 1. The van der Waals surface area contributed by atoms with Crippen LogP contribution in [0.3, 0.4) is 0 Å². The third kappa shape index (κ3) is 4.19. The zero-order valence-corrected chi connectivity index (χ0v) is 17.0. The summed E-state index contributed by atoms with van der Waals surface area (Å²) in [6.45, 7) is 1.02. The standard InChI is InChI=1S/C21H20ClN3O2S/c1-24(13-17-4-3-11-28-17)14-21(26)25-19(20-5-2-10-27-20)12-18(23-25)15-6-8-16(22)9-7-15/h2-11,19H,12-14H2,1H3. The Balaban J connectivity index is 1.53. The van der Waals surface area contributed by atoms with Gasteiger partial charge in [0.2, 0.25) is 0 Å². The first-order valence-electron chi connectivity index (χ1n) is 9.00. The normalized spacial score (nSPS) is 16.6. The minimum Gasteiger partial charge on any atom is -0.467 e. The average Bonchev–Trinajstić information content (AvgIpc) is 3.43. The Labute approximate surface area is 172 Å². The number of carbonyl (C=O) groups excluding carboxylic acids is 1. The van der Waals surface area contributed by atoms with E-state index in [4.69, 9.17) is 16.0 Å². The maximum absolute atomic E-state index is 13.0. The van der Waals surface area contributed by atoms with Crippen LogP contribution in [-0.2, 0) is 11.3 Å². The highest BCUT2D eigenvalue weighted by Crippen LogP contribution is 2.33. The van der Waals surface area contributed by atoms with E-state index in [1.165, 1.54) is 4.88 Å². The van der Waals surface area contributed by atoms with Crippen molar-refractivity contribution in [2.24, 2.45) is 5.10 Å². The lowest BCUT2D eigenvalue weighted by Crippen LogP contribution is -2.36. The molecule has 1 aromatic carbocycles. The van der Waals surface area contributed by atoms with Crippen molar-refractivity contribution in [1.29, 1.82) is 0 Å². The molecule has 1 aliphatic heterocycles. The molecule has 1 unspecified atom stereocenters. The Morgan fingerprint density at radius 1 is 1.29 bits per heavy atom. The molecule has 1 atom stereocenters. The van der Waals surface area contributed by atoms with Crippen LogP contribution in [0, 0.1) is 0 Å². The summed E-state index contributed by atoms with van der Waals surface area (Å²) in [5, 5.41) is 8.93. The summed E-state index contributed by atoms with van der Waals surface area (Å²) in [4.78, 5) is 16.3. The minimum atomic E-state index is -0.233. The van der Waals surface area contributed by atoms with E-state index in [-0.39, 0.29) is 18.5 Å². The highest BCUT2D eigenvalue weighted by atomic mass is 35.5. The minimum absolute atomic E-state index is 0.0515. The SMILES string of the molecule is CN(CC(=O)N1N=C(c2ccc(Cl)cc2)CC1c1ccco1)Cc1cccs1. The highest BCUT2D eigenvalue weighted by molar-refractivity contribution is 7.09. The molecule has 28 heavy (non-hydrogen) atoms. The van der Waals surface area contributed by atoms with Crippen molar-refractivity contribution in [3.63, 3.8) is 0 Å². The van der Waals surface area contributed by atoms with E-state index < -0.39 is 0 Å². The van der Waals surface area contributed by atoms with E-state index in [2.05, 4.69) is 11.2 Å². The molecule has 0 saturated heterocycles. The van der Waals surface area contributed by atoms with Crippen LogP contribution in [0.1, 0.15) is 28.7 Å². The van der Waals surface area contributed by atoms with E-state index in [0.717, 1.165) is 23.6 Å². The molecule has 2 aromatic heterocycles. The molecule has 0 radical (unpaired) electrons. The molecule has 0 saturated carbocycles. The van der Waals surface area contributed by atoms with Gasteiger partial charge in [-0.3, -0.25) is 9.69 Å². The third-order valence-electron chi connectivity index (χ3n) is 4.63. The van der Waals surface area contributed by atoms with Gasteiger partial charge in [0.05, 0.1) is 18.5 Å². The van der Waals surface area contributed by atoms with Crippen LogP contribution >= 0.6 is 22.9 Å². The van der Waals surface area contributed by atoms with Gasteiger partial charge in [-0.15, -0.1) is 11.3 Å².